The molecule has 0 saturated heterocycles. The Morgan fingerprint density at radius 1 is 1.19 bits per heavy atom. The summed E-state index contributed by atoms with van der Waals surface area (Å²) in [6, 6.07) is 0. The fourth-order valence-electron chi connectivity index (χ4n) is 5.42. The molecule has 1 unspecified atom stereocenters. The molecule has 4 aliphatic carbocycles. The number of carbonyl (C=O) groups is 1. The average molecular weight is 294 g/mol. The van der Waals surface area contributed by atoms with Crippen LogP contribution in [0.15, 0.2) is 0 Å². The van der Waals surface area contributed by atoms with E-state index in [1.54, 1.807) is 0 Å². The normalized spacial score (nSPS) is 42.0. The van der Waals surface area contributed by atoms with E-state index >= 15 is 0 Å². The molecule has 0 amide bonds. The summed E-state index contributed by atoms with van der Waals surface area (Å²) >= 11 is 0. The Morgan fingerprint density at radius 3 is 2.24 bits per heavy atom. The van der Waals surface area contributed by atoms with E-state index in [0.29, 0.717) is 11.8 Å². The zero-order chi connectivity index (χ0) is 15.0. The molecule has 0 heterocycles. The van der Waals surface area contributed by atoms with Crippen LogP contribution in [-0.4, -0.2) is 23.3 Å². The minimum atomic E-state index is -0.253. The van der Waals surface area contributed by atoms with Gasteiger partial charge in [0.05, 0.1) is 5.92 Å². The van der Waals surface area contributed by atoms with Crippen LogP contribution < -0.4 is 0 Å². The van der Waals surface area contributed by atoms with E-state index in [2.05, 4.69) is 0 Å². The van der Waals surface area contributed by atoms with Crippen molar-refractivity contribution in [1.82, 2.24) is 0 Å². The molecule has 0 spiro atoms. The summed E-state index contributed by atoms with van der Waals surface area (Å²) in [6.07, 6.45) is 8.84. The third-order valence-corrected chi connectivity index (χ3v) is 6.55. The van der Waals surface area contributed by atoms with E-state index in [0.717, 1.165) is 31.1 Å². The Balaban J connectivity index is 1.81. The number of hydrogen-bond donors (Lipinski definition) is 1. The molecule has 1 N–H and O–H groups in total. The van der Waals surface area contributed by atoms with Gasteiger partial charge >= 0.3 is 5.97 Å². The average Bonchev–Trinajstić information content (AvgIpc) is 2.48. The van der Waals surface area contributed by atoms with Gasteiger partial charge in [0.1, 0.15) is 5.60 Å². The van der Waals surface area contributed by atoms with Crippen molar-refractivity contribution in [2.45, 2.75) is 70.8 Å². The third kappa shape index (κ3) is 2.62. The van der Waals surface area contributed by atoms with E-state index < -0.39 is 0 Å². The van der Waals surface area contributed by atoms with Crippen LogP contribution in [0.4, 0.5) is 0 Å². The van der Waals surface area contributed by atoms with Gasteiger partial charge in [0.15, 0.2) is 0 Å². The lowest BCUT2D eigenvalue weighted by Gasteiger charge is -2.60. The molecule has 4 aliphatic rings. The van der Waals surface area contributed by atoms with Crippen molar-refractivity contribution in [1.29, 1.82) is 0 Å². The Kier molecular flexibility index (Phi) is 4.31. The monoisotopic (exact) mass is 294 g/mol. The van der Waals surface area contributed by atoms with E-state index in [1.165, 1.54) is 32.1 Å². The highest BCUT2D eigenvalue weighted by Gasteiger charge is 2.59. The van der Waals surface area contributed by atoms with Gasteiger partial charge in [0.25, 0.3) is 0 Å². The Morgan fingerprint density at radius 2 is 1.76 bits per heavy atom. The molecule has 120 valence electrons. The largest absolute Gasteiger partial charge is 0.458 e. The van der Waals surface area contributed by atoms with Gasteiger partial charge in [-0.3, -0.25) is 4.79 Å². The molecule has 0 aliphatic heterocycles. The lowest BCUT2D eigenvalue weighted by atomic mass is 9.49. The maximum Gasteiger partial charge on any atom is 0.309 e. The van der Waals surface area contributed by atoms with Crippen molar-refractivity contribution in [3.8, 4) is 0 Å². The molecule has 0 aromatic rings. The highest BCUT2D eigenvalue weighted by Crippen LogP contribution is 2.61. The second-order valence-corrected chi connectivity index (χ2v) is 7.82. The first kappa shape index (κ1) is 15.3. The number of aliphatic hydroxyl groups excluding tert-OH is 1. The lowest BCUT2D eigenvalue weighted by molar-refractivity contribution is -0.216. The van der Waals surface area contributed by atoms with Crippen LogP contribution in [0.2, 0.25) is 0 Å². The van der Waals surface area contributed by atoms with Crippen molar-refractivity contribution in [3.05, 3.63) is 0 Å². The number of hydrogen-bond acceptors (Lipinski definition) is 3. The first-order chi connectivity index (χ1) is 10.1. The molecule has 1 atom stereocenters. The van der Waals surface area contributed by atoms with Crippen LogP contribution in [0.25, 0.3) is 0 Å². The molecule has 3 heteroatoms. The summed E-state index contributed by atoms with van der Waals surface area (Å²) in [5, 5.41) is 9.28. The number of rotatable bonds is 6. The molecule has 21 heavy (non-hydrogen) atoms. The van der Waals surface area contributed by atoms with Crippen LogP contribution in [0.3, 0.4) is 0 Å². The highest BCUT2D eigenvalue weighted by molar-refractivity contribution is 5.72. The Bertz CT molecular complexity index is 362. The van der Waals surface area contributed by atoms with Crippen molar-refractivity contribution < 1.29 is 14.6 Å². The maximum atomic E-state index is 12.4. The number of esters is 1. The van der Waals surface area contributed by atoms with Gasteiger partial charge < -0.3 is 9.84 Å². The standard InChI is InChI=1S/C18H30O3/c1-3-12(2)17(20)21-18(5-4-6-19)15-8-13-7-14(10-15)11-16(18)9-13/h12-16,19H,3-11H2,1-2H3. The summed E-state index contributed by atoms with van der Waals surface area (Å²) in [6.45, 7) is 4.22. The first-order valence-electron chi connectivity index (χ1n) is 8.92. The Hall–Kier alpha value is -0.570. The minimum Gasteiger partial charge on any atom is -0.458 e. The molecule has 4 fully saturated rings. The van der Waals surface area contributed by atoms with Crippen molar-refractivity contribution in [2.75, 3.05) is 6.61 Å². The summed E-state index contributed by atoms with van der Waals surface area (Å²) in [5.41, 5.74) is -0.253. The van der Waals surface area contributed by atoms with Crippen LogP contribution in [0.5, 0.6) is 0 Å². The van der Waals surface area contributed by atoms with E-state index in [-0.39, 0.29) is 24.1 Å². The number of carbonyl (C=O) groups excluding carboxylic acids is 1. The fraction of sp³-hybridized carbons (Fsp3) is 0.944. The van der Waals surface area contributed by atoms with E-state index in [4.69, 9.17) is 4.74 Å². The third-order valence-electron chi connectivity index (χ3n) is 6.55. The first-order valence-corrected chi connectivity index (χ1v) is 8.92. The second-order valence-electron chi connectivity index (χ2n) is 7.82. The summed E-state index contributed by atoms with van der Waals surface area (Å²) in [5.74, 6) is 2.83. The molecule has 4 bridgehead atoms. The van der Waals surface area contributed by atoms with Gasteiger partial charge in [0.2, 0.25) is 0 Å². The lowest BCUT2D eigenvalue weighted by Crippen LogP contribution is -2.60. The number of aliphatic hydroxyl groups is 1. The van der Waals surface area contributed by atoms with Crippen molar-refractivity contribution in [2.24, 2.45) is 29.6 Å². The maximum absolute atomic E-state index is 12.4. The molecule has 0 aromatic carbocycles. The SMILES string of the molecule is CCC(C)C(=O)OC1(CCCO)C2CC3CC(C2)CC1C3. The van der Waals surface area contributed by atoms with Crippen LogP contribution in [0, 0.1) is 29.6 Å². The summed E-state index contributed by atoms with van der Waals surface area (Å²) in [7, 11) is 0. The topological polar surface area (TPSA) is 46.5 Å². The quantitative estimate of drug-likeness (QED) is 0.762. The molecule has 4 rings (SSSR count). The van der Waals surface area contributed by atoms with Gasteiger partial charge in [-0.05, 0) is 75.0 Å². The summed E-state index contributed by atoms with van der Waals surface area (Å²) < 4.78 is 6.22. The molecular weight excluding hydrogens is 264 g/mol. The molecule has 0 radical (unpaired) electrons. The van der Waals surface area contributed by atoms with Crippen LogP contribution in [-0.2, 0) is 9.53 Å². The number of ether oxygens (including phenoxy) is 1. The zero-order valence-electron chi connectivity index (χ0n) is 13.5. The summed E-state index contributed by atoms with van der Waals surface area (Å²) in [4.78, 5) is 12.4. The van der Waals surface area contributed by atoms with Crippen LogP contribution in [0.1, 0.15) is 65.2 Å². The van der Waals surface area contributed by atoms with Gasteiger partial charge in [-0.2, -0.15) is 0 Å². The van der Waals surface area contributed by atoms with Crippen LogP contribution >= 0.6 is 0 Å². The minimum absolute atomic E-state index is 0.00631. The predicted octanol–water partition coefficient (Wildman–Crippen LogP) is 3.54. The fourth-order valence-corrected chi connectivity index (χ4v) is 5.42. The molecule has 0 aromatic heterocycles. The predicted molar refractivity (Wildman–Crippen MR) is 81.6 cm³/mol. The van der Waals surface area contributed by atoms with Gasteiger partial charge in [-0.25, -0.2) is 0 Å². The molecule has 3 nitrogen and oxygen atoms in total. The van der Waals surface area contributed by atoms with Gasteiger partial charge in [-0.1, -0.05) is 13.8 Å². The highest BCUT2D eigenvalue weighted by atomic mass is 16.6. The van der Waals surface area contributed by atoms with Gasteiger partial charge in [0, 0.05) is 6.61 Å². The van der Waals surface area contributed by atoms with E-state index in [1.807, 2.05) is 13.8 Å². The Labute approximate surface area is 128 Å². The van der Waals surface area contributed by atoms with Crippen molar-refractivity contribution in [3.63, 3.8) is 0 Å². The van der Waals surface area contributed by atoms with Crippen molar-refractivity contribution >= 4 is 5.97 Å². The zero-order valence-corrected chi connectivity index (χ0v) is 13.5. The molecule has 4 saturated carbocycles. The van der Waals surface area contributed by atoms with Gasteiger partial charge in [-0.15, -0.1) is 0 Å². The molecular formula is C18H30O3. The van der Waals surface area contributed by atoms with E-state index in [9.17, 15) is 9.90 Å². The second kappa shape index (κ2) is 5.91. The smallest absolute Gasteiger partial charge is 0.309 e.